The zero-order valence-corrected chi connectivity index (χ0v) is 12.0. The Hall–Kier alpha value is -1.50. The summed E-state index contributed by atoms with van der Waals surface area (Å²) in [5.74, 6) is 5.63. The zero-order chi connectivity index (χ0) is 14.3. The quantitative estimate of drug-likeness (QED) is 0.861. The number of hydrogen-bond acceptors (Lipinski definition) is 2. The van der Waals surface area contributed by atoms with Crippen molar-refractivity contribution in [3.63, 3.8) is 0 Å². The van der Waals surface area contributed by atoms with E-state index in [2.05, 4.69) is 11.8 Å². The van der Waals surface area contributed by atoms with Crippen molar-refractivity contribution in [2.75, 3.05) is 20.2 Å². The molecule has 1 N–H and O–H groups in total. The molecule has 102 valence electrons. The van der Waals surface area contributed by atoms with Crippen molar-refractivity contribution in [1.82, 2.24) is 4.90 Å². The van der Waals surface area contributed by atoms with Gasteiger partial charge in [0.15, 0.2) is 0 Å². The number of halogens is 1. The van der Waals surface area contributed by atoms with E-state index in [1.54, 1.807) is 30.1 Å². The molecule has 4 heteroatoms. The van der Waals surface area contributed by atoms with Crippen LogP contribution in [-0.4, -0.2) is 36.1 Å². The smallest absolute Gasteiger partial charge is 0.253 e. The topological polar surface area (TPSA) is 40.5 Å². The molecule has 0 saturated heterocycles. The first-order valence-corrected chi connectivity index (χ1v) is 6.62. The molecular formula is C15H18ClNO2. The highest BCUT2D eigenvalue weighted by molar-refractivity contribution is 6.32. The molecule has 0 spiro atoms. The molecule has 19 heavy (non-hydrogen) atoms. The highest BCUT2D eigenvalue weighted by Crippen LogP contribution is 2.18. The summed E-state index contributed by atoms with van der Waals surface area (Å²) in [7, 11) is 1.77. The summed E-state index contributed by atoms with van der Waals surface area (Å²) in [6.45, 7) is 2.77. The van der Waals surface area contributed by atoms with Gasteiger partial charge in [-0.3, -0.25) is 4.79 Å². The van der Waals surface area contributed by atoms with Crippen LogP contribution in [0.4, 0.5) is 0 Å². The van der Waals surface area contributed by atoms with Gasteiger partial charge in [0, 0.05) is 31.1 Å². The van der Waals surface area contributed by atoms with Gasteiger partial charge in [0.25, 0.3) is 5.91 Å². The largest absolute Gasteiger partial charge is 0.395 e. The SMILES string of the molecule is CCCN(C)C(=O)c1ccc(C#CCCO)c(Cl)c1. The molecule has 1 aromatic rings. The maximum absolute atomic E-state index is 12.1. The van der Waals surface area contributed by atoms with Gasteiger partial charge in [-0.1, -0.05) is 30.4 Å². The number of rotatable bonds is 4. The fourth-order valence-corrected chi connectivity index (χ4v) is 1.85. The average molecular weight is 280 g/mol. The van der Waals surface area contributed by atoms with Gasteiger partial charge >= 0.3 is 0 Å². The highest BCUT2D eigenvalue weighted by Gasteiger charge is 2.12. The van der Waals surface area contributed by atoms with E-state index in [-0.39, 0.29) is 12.5 Å². The van der Waals surface area contributed by atoms with Crippen LogP contribution in [0.25, 0.3) is 0 Å². The number of amides is 1. The zero-order valence-electron chi connectivity index (χ0n) is 11.2. The second kappa shape index (κ2) is 7.83. The number of carbonyl (C=O) groups excluding carboxylic acids is 1. The standard InChI is InChI=1S/C15H18ClNO2/c1-3-9-17(2)15(19)13-8-7-12(14(16)11-13)6-4-5-10-18/h7-8,11,18H,3,5,9-10H2,1-2H3. The minimum Gasteiger partial charge on any atom is -0.395 e. The average Bonchev–Trinajstić information content (AvgIpc) is 2.40. The van der Waals surface area contributed by atoms with Crippen molar-refractivity contribution in [1.29, 1.82) is 0 Å². The van der Waals surface area contributed by atoms with Crippen LogP contribution < -0.4 is 0 Å². The Balaban J connectivity index is 2.88. The molecule has 0 fully saturated rings. The van der Waals surface area contributed by atoms with Gasteiger partial charge in [-0.15, -0.1) is 0 Å². The van der Waals surface area contributed by atoms with E-state index in [0.717, 1.165) is 6.42 Å². The van der Waals surface area contributed by atoms with Crippen LogP contribution in [0.1, 0.15) is 35.7 Å². The van der Waals surface area contributed by atoms with E-state index in [1.807, 2.05) is 6.92 Å². The van der Waals surface area contributed by atoms with Gasteiger partial charge in [0.1, 0.15) is 0 Å². The summed E-state index contributed by atoms with van der Waals surface area (Å²) in [4.78, 5) is 13.7. The van der Waals surface area contributed by atoms with E-state index in [1.165, 1.54) is 0 Å². The molecule has 0 heterocycles. The molecule has 1 amide bonds. The first-order chi connectivity index (χ1) is 9.10. The molecule has 0 aromatic heterocycles. The van der Waals surface area contributed by atoms with Gasteiger partial charge in [0.05, 0.1) is 11.6 Å². The lowest BCUT2D eigenvalue weighted by molar-refractivity contribution is 0.0795. The van der Waals surface area contributed by atoms with Crippen LogP contribution in [0.15, 0.2) is 18.2 Å². The second-order valence-electron chi connectivity index (χ2n) is 4.20. The molecular weight excluding hydrogens is 262 g/mol. The lowest BCUT2D eigenvalue weighted by Gasteiger charge is -2.16. The Morgan fingerprint density at radius 2 is 2.21 bits per heavy atom. The third kappa shape index (κ3) is 4.59. The minimum absolute atomic E-state index is 0.0308. The molecule has 0 unspecified atom stereocenters. The van der Waals surface area contributed by atoms with Gasteiger partial charge in [0.2, 0.25) is 0 Å². The third-order valence-electron chi connectivity index (χ3n) is 2.58. The van der Waals surface area contributed by atoms with Gasteiger partial charge in [-0.05, 0) is 24.6 Å². The molecule has 3 nitrogen and oxygen atoms in total. The van der Waals surface area contributed by atoms with E-state index in [9.17, 15) is 4.79 Å². The normalized spacial score (nSPS) is 9.68. The third-order valence-corrected chi connectivity index (χ3v) is 2.89. The van der Waals surface area contributed by atoms with Crippen LogP contribution in [0.5, 0.6) is 0 Å². The number of carbonyl (C=O) groups is 1. The van der Waals surface area contributed by atoms with Crippen LogP contribution in [0.3, 0.4) is 0 Å². The van der Waals surface area contributed by atoms with E-state index in [4.69, 9.17) is 16.7 Å². The van der Waals surface area contributed by atoms with Crippen molar-refractivity contribution in [2.45, 2.75) is 19.8 Å². The molecule has 1 aromatic carbocycles. The maximum atomic E-state index is 12.1. The second-order valence-corrected chi connectivity index (χ2v) is 4.60. The first-order valence-electron chi connectivity index (χ1n) is 6.25. The van der Waals surface area contributed by atoms with Crippen molar-refractivity contribution < 1.29 is 9.90 Å². The molecule has 0 bridgehead atoms. The van der Waals surface area contributed by atoms with Gasteiger partial charge < -0.3 is 10.0 Å². The molecule has 0 atom stereocenters. The first kappa shape index (κ1) is 15.6. The van der Waals surface area contributed by atoms with Crippen LogP contribution in [0, 0.1) is 11.8 Å². The number of aliphatic hydroxyl groups excluding tert-OH is 1. The van der Waals surface area contributed by atoms with Crippen molar-refractivity contribution in [2.24, 2.45) is 0 Å². The van der Waals surface area contributed by atoms with Crippen LogP contribution in [0.2, 0.25) is 5.02 Å². The van der Waals surface area contributed by atoms with Crippen molar-refractivity contribution in [3.05, 3.63) is 34.3 Å². The molecule has 0 aliphatic carbocycles. The fraction of sp³-hybridized carbons (Fsp3) is 0.400. The van der Waals surface area contributed by atoms with E-state index >= 15 is 0 Å². The molecule has 1 rings (SSSR count). The highest BCUT2D eigenvalue weighted by atomic mass is 35.5. The predicted octanol–water partition coefficient (Wildman–Crippen LogP) is 2.56. The number of nitrogens with zero attached hydrogens (tertiary/aromatic N) is 1. The Kier molecular flexibility index (Phi) is 6.41. The summed E-state index contributed by atoms with van der Waals surface area (Å²) in [5, 5.41) is 9.12. The lowest BCUT2D eigenvalue weighted by atomic mass is 10.1. The Labute approximate surface area is 119 Å². The molecule has 0 radical (unpaired) electrons. The van der Waals surface area contributed by atoms with Crippen LogP contribution in [-0.2, 0) is 0 Å². The fourth-order valence-electron chi connectivity index (χ4n) is 1.62. The maximum Gasteiger partial charge on any atom is 0.253 e. The van der Waals surface area contributed by atoms with Crippen molar-refractivity contribution in [3.8, 4) is 11.8 Å². The Morgan fingerprint density at radius 3 is 2.79 bits per heavy atom. The molecule has 0 aliphatic rings. The molecule has 0 saturated carbocycles. The summed E-state index contributed by atoms with van der Waals surface area (Å²) in [5.41, 5.74) is 1.23. The lowest BCUT2D eigenvalue weighted by Crippen LogP contribution is -2.27. The summed E-state index contributed by atoms with van der Waals surface area (Å²) >= 11 is 6.10. The minimum atomic E-state index is -0.0429. The summed E-state index contributed by atoms with van der Waals surface area (Å²) < 4.78 is 0. The van der Waals surface area contributed by atoms with Gasteiger partial charge in [-0.2, -0.15) is 0 Å². The molecule has 0 aliphatic heterocycles. The number of benzene rings is 1. The van der Waals surface area contributed by atoms with E-state index in [0.29, 0.717) is 29.1 Å². The predicted molar refractivity (Wildman–Crippen MR) is 77.3 cm³/mol. The monoisotopic (exact) mass is 279 g/mol. The van der Waals surface area contributed by atoms with Gasteiger partial charge in [-0.25, -0.2) is 0 Å². The summed E-state index contributed by atoms with van der Waals surface area (Å²) in [6.07, 6.45) is 1.33. The number of hydrogen-bond donors (Lipinski definition) is 1. The van der Waals surface area contributed by atoms with E-state index < -0.39 is 0 Å². The summed E-state index contributed by atoms with van der Waals surface area (Å²) in [6, 6.07) is 5.10. The van der Waals surface area contributed by atoms with Crippen molar-refractivity contribution >= 4 is 17.5 Å². The number of aliphatic hydroxyl groups is 1. The Bertz CT molecular complexity index is 503. The Morgan fingerprint density at radius 1 is 1.47 bits per heavy atom. The van der Waals surface area contributed by atoms with Crippen LogP contribution >= 0.6 is 11.6 Å².